The molecular formula is C28H27N7O2S. The second-order valence-corrected chi connectivity index (χ2v) is 10.5. The van der Waals surface area contributed by atoms with Gasteiger partial charge in [0.15, 0.2) is 11.4 Å². The van der Waals surface area contributed by atoms with Gasteiger partial charge in [-0.05, 0) is 43.3 Å². The Bertz CT molecular complexity index is 1680. The van der Waals surface area contributed by atoms with Crippen molar-refractivity contribution in [1.82, 2.24) is 29.5 Å². The lowest BCUT2D eigenvalue weighted by Gasteiger charge is -2.32. The summed E-state index contributed by atoms with van der Waals surface area (Å²) >= 11 is 1.61. The summed E-state index contributed by atoms with van der Waals surface area (Å²) in [5, 5.41) is 7.59. The van der Waals surface area contributed by atoms with Crippen molar-refractivity contribution in [1.29, 1.82) is 0 Å². The van der Waals surface area contributed by atoms with Crippen molar-refractivity contribution < 1.29 is 9.59 Å². The minimum atomic E-state index is -0.141. The third-order valence-corrected chi connectivity index (χ3v) is 8.11. The van der Waals surface area contributed by atoms with Gasteiger partial charge in [0.1, 0.15) is 10.6 Å². The van der Waals surface area contributed by atoms with E-state index in [1.54, 1.807) is 23.7 Å². The number of hydrogen-bond donors (Lipinski definition) is 1. The summed E-state index contributed by atoms with van der Waals surface area (Å²) in [7, 11) is 0. The standard InChI is InChI=1S/C28H27N7O2S/c1-3-23(37)34-9-6-17(7-10-34)25-24(16(2)36)26(29)35-27(33-25)21(15-32-35)19-4-5-22(30-13-19)20-12-18-8-11-38-28(18)31-14-20/h4-5,8,11-15,17H,3,6-7,9-10,29H2,1-2H3. The molecule has 6 heterocycles. The molecule has 0 aliphatic carbocycles. The first-order chi connectivity index (χ1) is 18.4. The molecule has 38 heavy (non-hydrogen) atoms. The minimum absolute atomic E-state index is 0.0323. The molecule has 0 spiro atoms. The second kappa shape index (κ2) is 9.60. The van der Waals surface area contributed by atoms with Gasteiger partial charge in [0.05, 0.1) is 23.1 Å². The van der Waals surface area contributed by atoms with E-state index in [1.807, 2.05) is 35.5 Å². The van der Waals surface area contributed by atoms with Gasteiger partial charge >= 0.3 is 0 Å². The molecule has 1 saturated heterocycles. The number of piperidine rings is 1. The number of nitrogens with zero attached hydrogens (tertiary/aromatic N) is 6. The van der Waals surface area contributed by atoms with Gasteiger partial charge in [0, 0.05) is 59.9 Å². The number of pyridine rings is 2. The molecule has 1 aliphatic heterocycles. The van der Waals surface area contributed by atoms with Crippen molar-refractivity contribution in [2.45, 2.75) is 39.0 Å². The molecule has 0 bridgehead atoms. The summed E-state index contributed by atoms with van der Waals surface area (Å²) in [6.45, 7) is 4.67. The number of amides is 1. The molecule has 9 nitrogen and oxygen atoms in total. The van der Waals surface area contributed by atoms with Crippen molar-refractivity contribution in [2.24, 2.45) is 0 Å². The van der Waals surface area contributed by atoms with Gasteiger partial charge in [-0.3, -0.25) is 14.6 Å². The summed E-state index contributed by atoms with van der Waals surface area (Å²) in [5.41, 5.74) is 11.6. The van der Waals surface area contributed by atoms with Crippen LogP contribution in [0.3, 0.4) is 0 Å². The monoisotopic (exact) mass is 525 g/mol. The first-order valence-electron chi connectivity index (χ1n) is 12.7. The van der Waals surface area contributed by atoms with Crippen LogP contribution < -0.4 is 5.73 Å². The third-order valence-electron chi connectivity index (χ3n) is 7.28. The Morgan fingerprint density at radius 2 is 1.87 bits per heavy atom. The normalized spacial score (nSPS) is 14.4. The molecule has 0 saturated carbocycles. The molecule has 6 rings (SSSR count). The second-order valence-electron chi connectivity index (χ2n) is 9.59. The summed E-state index contributed by atoms with van der Waals surface area (Å²) in [5.74, 6) is 0.330. The van der Waals surface area contributed by atoms with E-state index in [-0.39, 0.29) is 23.4 Å². The zero-order chi connectivity index (χ0) is 26.4. The molecule has 2 N–H and O–H groups in total. The predicted octanol–water partition coefficient (Wildman–Crippen LogP) is 4.97. The van der Waals surface area contributed by atoms with Gasteiger partial charge < -0.3 is 10.6 Å². The van der Waals surface area contributed by atoms with Crippen LogP contribution in [-0.2, 0) is 4.79 Å². The topological polar surface area (TPSA) is 119 Å². The highest BCUT2D eigenvalue weighted by molar-refractivity contribution is 7.16. The number of nitrogen functional groups attached to an aromatic ring is 1. The number of fused-ring (bicyclic) bond motifs is 2. The highest BCUT2D eigenvalue weighted by Gasteiger charge is 2.29. The largest absolute Gasteiger partial charge is 0.383 e. The smallest absolute Gasteiger partial charge is 0.222 e. The fraction of sp³-hybridized carbons (Fsp3) is 0.286. The molecule has 1 fully saturated rings. The van der Waals surface area contributed by atoms with Crippen LogP contribution in [0.4, 0.5) is 5.82 Å². The Kier molecular flexibility index (Phi) is 6.11. The van der Waals surface area contributed by atoms with Gasteiger partial charge in [0.25, 0.3) is 0 Å². The van der Waals surface area contributed by atoms with Crippen LogP contribution in [0.15, 0.2) is 48.2 Å². The lowest BCUT2D eigenvalue weighted by molar-refractivity contribution is -0.131. The Hall–Kier alpha value is -4.18. The predicted molar refractivity (Wildman–Crippen MR) is 148 cm³/mol. The third kappa shape index (κ3) is 4.10. The first-order valence-corrected chi connectivity index (χ1v) is 13.6. The van der Waals surface area contributed by atoms with E-state index in [9.17, 15) is 9.59 Å². The number of ketones is 1. The molecule has 192 valence electrons. The fourth-order valence-corrected chi connectivity index (χ4v) is 5.96. The Balaban J connectivity index is 1.37. The van der Waals surface area contributed by atoms with Gasteiger partial charge in [-0.2, -0.15) is 9.61 Å². The molecule has 0 atom stereocenters. The number of carbonyl (C=O) groups excluding carboxylic acids is 2. The number of carbonyl (C=O) groups is 2. The summed E-state index contributed by atoms with van der Waals surface area (Å²) in [4.78, 5) is 41.9. The fourth-order valence-electron chi connectivity index (χ4n) is 5.24. The molecule has 5 aromatic rings. The van der Waals surface area contributed by atoms with E-state index >= 15 is 0 Å². The number of nitrogens with two attached hydrogens (primary N) is 1. The highest BCUT2D eigenvalue weighted by atomic mass is 32.1. The molecule has 0 unspecified atom stereocenters. The van der Waals surface area contributed by atoms with Gasteiger partial charge in [-0.25, -0.2) is 9.97 Å². The average Bonchev–Trinajstić information content (AvgIpc) is 3.59. The van der Waals surface area contributed by atoms with Crippen molar-refractivity contribution in [2.75, 3.05) is 18.8 Å². The van der Waals surface area contributed by atoms with E-state index in [0.717, 1.165) is 45.4 Å². The van der Waals surface area contributed by atoms with Crippen molar-refractivity contribution >= 4 is 44.7 Å². The van der Waals surface area contributed by atoms with E-state index in [4.69, 9.17) is 15.7 Å². The summed E-state index contributed by atoms with van der Waals surface area (Å²) in [6.07, 6.45) is 7.31. The maximum absolute atomic E-state index is 12.7. The van der Waals surface area contributed by atoms with Crippen LogP contribution in [0.1, 0.15) is 55.1 Å². The quantitative estimate of drug-likeness (QED) is 0.322. The number of anilines is 1. The number of likely N-dealkylation sites (tertiary alicyclic amines) is 1. The molecule has 10 heteroatoms. The molecule has 0 aromatic carbocycles. The molecule has 1 aliphatic rings. The molecule has 1 amide bonds. The number of aromatic nitrogens is 5. The number of Topliss-reactive ketones (excluding diaryl/α,β-unsaturated/α-hetero) is 1. The summed E-state index contributed by atoms with van der Waals surface area (Å²) in [6, 6.07) is 8.09. The van der Waals surface area contributed by atoms with E-state index in [2.05, 4.69) is 22.2 Å². The van der Waals surface area contributed by atoms with Crippen molar-refractivity contribution in [3.05, 3.63) is 59.5 Å². The van der Waals surface area contributed by atoms with E-state index in [1.165, 1.54) is 11.4 Å². The van der Waals surface area contributed by atoms with Crippen LogP contribution in [-0.4, -0.2) is 54.2 Å². The van der Waals surface area contributed by atoms with Crippen molar-refractivity contribution in [3.8, 4) is 22.4 Å². The maximum atomic E-state index is 12.7. The van der Waals surface area contributed by atoms with Crippen LogP contribution >= 0.6 is 11.3 Å². The van der Waals surface area contributed by atoms with Gasteiger partial charge in [0.2, 0.25) is 5.91 Å². The zero-order valence-corrected chi connectivity index (χ0v) is 22.0. The molecule has 0 radical (unpaired) electrons. The SMILES string of the molecule is CCC(=O)N1CCC(c2nc3c(-c4ccc(-c5cnc6sccc6c5)nc4)cnn3c(N)c2C(C)=O)CC1. The highest BCUT2D eigenvalue weighted by Crippen LogP contribution is 2.35. The average molecular weight is 526 g/mol. The summed E-state index contributed by atoms with van der Waals surface area (Å²) < 4.78 is 1.54. The number of rotatable bonds is 5. The Morgan fingerprint density at radius 1 is 1.08 bits per heavy atom. The van der Waals surface area contributed by atoms with E-state index in [0.29, 0.717) is 36.4 Å². The Labute approximate surface area is 223 Å². The minimum Gasteiger partial charge on any atom is -0.383 e. The Morgan fingerprint density at radius 3 is 2.58 bits per heavy atom. The molecule has 5 aromatic heterocycles. The van der Waals surface area contributed by atoms with Crippen LogP contribution in [0.25, 0.3) is 38.2 Å². The van der Waals surface area contributed by atoms with Crippen molar-refractivity contribution in [3.63, 3.8) is 0 Å². The lowest BCUT2D eigenvalue weighted by atomic mass is 9.89. The van der Waals surface area contributed by atoms with E-state index < -0.39 is 0 Å². The zero-order valence-electron chi connectivity index (χ0n) is 21.2. The molecular weight excluding hydrogens is 498 g/mol. The van der Waals surface area contributed by atoms with Crippen LogP contribution in [0.2, 0.25) is 0 Å². The lowest BCUT2D eigenvalue weighted by Crippen LogP contribution is -2.38. The van der Waals surface area contributed by atoms with Crippen LogP contribution in [0, 0.1) is 0 Å². The van der Waals surface area contributed by atoms with Gasteiger partial charge in [-0.1, -0.05) is 13.0 Å². The van der Waals surface area contributed by atoms with Gasteiger partial charge in [-0.15, -0.1) is 11.3 Å². The van der Waals surface area contributed by atoms with Crippen LogP contribution in [0.5, 0.6) is 0 Å². The number of hydrogen-bond acceptors (Lipinski definition) is 8. The maximum Gasteiger partial charge on any atom is 0.222 e. The first kappa shape index (κ1) is 24.2. The number of thiophene rings is 1.